The zero-order valence-corrected chi connectivity index (χ0v) is 18.6. The van der Waals surface area contributed by atoms with Crippen molar-refractivity contribution in [1.82, 2.24) is 30.6 Å². The van der Waals surface area contributed by atoms with E-state index in [1.54, 1.807) is 19.4 Å². The van der Waals surface area contributed by atoms with Gasteiger partial charge in [-0.3, -0.25) is 0 Å². The molecule has 0 radical (unpaired) electrons. The quantitative estimate of drug-likeness (QED) is 0.489. The van der Waals surface area contributed by atoms with Gasteiger partial charge < -0.3 is 9.47 Å². The second-order valence-corrected chi connectivity index (χ2v) is 8.77. The zero-order valence-electron chi connectivity index (χ0n) is 18.6. The van der Waals surface area contributed by atoms with Crippen LogP contribution in [0.2, 0.25) is 0 Å². The van der Waals surface area contributed by atoms with E-state index in [4.69, 9.17) is 9.47 Å². The molecule has 3 aromatic heterocycles. The predicted molar refractivity (Wildman–Crippen MR) is 119 cm³/mol. The van der Waals surface area contributed by atoms with E-state index in [2.05, 4.69) is 36.7 Å². The van der Waals surface area contributed by atoms with E-state index in [9.17, 15) is 4.39 Å². The van der Waals surface area contributed by atoms with E-state index in [-0.39, 0.29) is 17.7 Å². The highest BCUT2D eigenvalue weighted by Crippen LogP contribution is 2.39. The molecule has 0 spiro atoms. The van der Waals surface area contributed by atoms with Crippen LogP contribution in [0.3, 0.4) is 0 Å². The highest BCUT2D eigenvalue weighted by Gasteiger charge is 2.27. The fourth-order valence-electron chi connectivity index (χ4n) is 4.68. The van der Waals surface area contributed by atoms with Crippen molar-refractivity contribution in [3.8, 4) is 11.8 Å². The molecule has 3 heterocycles. The van der Waals surface area contributed by atoms with Crippen molar-refractivity contribution in [3.63, 3.8) is 0 Å². The number of pyridine rings is 2. The number of tetrazole rings is 1. The lowest BCUT2D eigenvalue weighted by atomic mass is 9.79. The molecule has 172 valence electrons. The Hall–Kier alpha value is -3.36. The average molecular weight is 451 g/mol. The summed E-state index contributed by atoms with van der Waals surface area (Å²) in [5.41, 5.74) is 3.24. The Balaban J connectivity index is 1.17. The Bertz CT molecular complexity index is 1110. The minimum absolute atomic E-state index is 0.192. The molecule has 1 fully saturated rings. The Labute approximate surface area is 191 Å². The van der Waals surface area contributed by atoms with Gasteiger partial charge in [0.1, 0.15) is 5.82 Å². The molecule has 0 bridgehead atoms. The second-order valence-electron chi connectivity index (χ2n) is 8.77. The number of hydrogen-bond acceptors (Lipinski definition) is 7. The van der Waals surface area contributed by atoms with Gasteiger partial charge in [0.15, 0.2) is 5.82 Å². The van der Waals surface area contributed by atoms with Crippen molar-refractivity contribution >= 4 is 0 Å². The van der Waals surface area contributed by atoms with Gasteiger partial charge >= 0.3 is 0 Å². The summed E-state index contributed by atoms with van der Waals surface area (Å²) in [6.45, 7) is 0.615. The Morgan fingerprint density at radius 3 is 2.73 bits per heavy atom. The van der Waals surface area contributed by atoms with Crippen LogP contribution in [0.15, 0.2) is 42.2 Å². The third kappa shape index (κ3) is 5.18. The Morgan fingerprint density at radius 1 is 1.15 bits per heavy atom. The number of ether oxygens (including phenoxy) is 2. The summed E-state index contributed by atoms with van der Waals surface area (Å²) < 4.78 is 25.5. The normalized spacial score (nSPS) is 20.7. The lowest BCUT2D eigenvalue weighted by molar-refractivity contribution is 0.193. The van der Waals surface area contributed by atoms with Crippen LogP contribution >= 0.6 is 0 Å². The highest BCUT2D eigenvalue weighted by molar-refractivity contribution is 5.39. The summed E-state index contributed by atoms with van der Waals surface area (Å²) in [5.74, 6) is 2.39. The number of hydrogen-bond donors (Lipinski definition) is 1. The van der Waals surface area contributed by atoms with Crippen molar-refractivity contribution < 1.29 is 13.9 Å². The maximum atomic E-state index is 14.3. The van der Waals surface area contributed by atoms with Gasteiger partial charge in [-0.15, -0.1) is 10.2 Å². The first-order valence-corrected chi connectivity index (χ1v) is 11.4. The monoisotopic (exact) mass is 450 g/mol. The predicted octanol–water partition coefficient (Wildman–Crippen LogP) is 4.15. The van der Waals surface area contributed by atoms with Gasteiger partial charge in [0.25, 0.3) is 0 Å². The molecule has 0 amide bonds. The maximum Gasteiger partial charge on any atom is 0.213 e. The van der Waals surface area contributed by atoms with Crippen LogP contribution in [0.1, 0.15) is 60.9 Å². The van der Waals surface area contributed by atoms with E-state index in [0.29, 0.717) is 42.1 Å². The molecule has 9 heteroatoms. The summed E-state index contributed by atoms with van der Waals surface area (Å²) in [5, 5.41) is 14.4. The van der Waals surface area contributed by atoms with Crippen molar-refractivity contribution in [2.45, 2.75) is 50.4 Å². The molecule has 1 saturated carbocycles. The first-order chi connectivity index (χ1) is 16.2. The number of halogens is 1. The van der Waals surface area contributed by atoms with Gasteiger partial charge in [-0.25, -0.2) is 14.4 Å². The molecule has 2 aliphatic carbocycles. The van der Waals surface area contributed by atoms with Crippen molar-refractivity contribution in [2.24, 2.45) is 5.92 Å². The van der Waals surface area contributed by atoms with Gasteiger partial charge in [-0.2, -0.15) is 5.21 Å². The highest BCUT2D eigenvalue weighted by atomic mass is 19.1. The molecule has 0 unspecified atom stereocenters. The minimum atomic E-state index is -0.252. The number of aromatic amines is 1. The van der Waals surface area contributed by atoms with Crippen LogP contribution in [-0.4, -0.2) is 44.3 Å². The molecule has 3 aromatic rings. The van der Waals surface area contributed by atoms with Gasteiger partial charge in [0.2, 0.25) is 11.8 Å². The number of nitrogens with zero attached hydrogens (tertiary/aromatic N) is 5. The third-order valence-corrected chi connectivity index (χ3v) is 6.65. The molecule has 5 rings (SSSR count). The first-order valence-electron chi connectivity index (χ1n) is 11.4. The number of H-pyrrole nitrogens is 1. The summed E-state index contributed by atoms with van der Waals surface area (Å²) in [7, 11) is 1.55. The number of allylic oxidation sites excluding steroid dienone is 2. The summed E-state index contributed by atoms with van der Waals surface area (Å²) >= 11 is 0. The van der Waals surface area contributed by atoms with Crippen LogP contribution in [0, 0.1) is 11.7 Å². The van der Waals surface area contributed by atoms with E-state index < -0.39 is 0 Å². The summed E-state index contributed by atoms with van der Waals surface area (Å²) in [4.78, 5) is 8.36. The lowest BCUT2D eigenvalue weighted by Gasteiger charge is -2.29. The average Bonchev–Trinajstić information content (AvgIpc) is 3.57. The minimum Gasteiger partial charge on any atom is -0.481 e. The van der Waals surface area contributed by atoms with Gasteiger partial charge in [0, 0.05) is 30.7 Å². The van der Waals surface area contributed by atoms with Crippen LogP contribution < -0.4 is 9.47 Å². The molecule has 2 aliphatic rings. The molecule has 0 saturated heterocycles. The maximum absolute atomic E-state index is 14.3. The van der Waals surface area contributed by atoms with E-state index in [1.807, 2.05) is 12.1 Å². The van der Waals surface area contributed by atoms with Gasteiger partial charge in [-0.1, -0.05) is 16.9 Å². The lowest BCUT2D eigenvalue weighted by Crippen LogP contribution is -2.20. The van der Waals surface area contributed by atoms with E-state index >= 15 is 0 Å². The number of aromatic nitrogens is 6. The molecule has 0 aromatic carbocycles. The SMILES string of the molecule is COc1cc(C2CCC(COc3cc([C@@H](Cc4nn[nH]n4)C4=CC4)ccn3)CC2)c(F)cn1. The van der Waals surface area contributed by atoms with E-state index in [1.165, 1.54) is 11.8 Å². The number of nitrogens with one attached hydrogen (secondary N) is 1. The zero-order chi connectivity index (χ0) is 22.6. The third-order valence-electron chi connectivity index (χ3n) is 6.65. The summed E-state index contributed by atoms with van der Waals surface area (Å²) in [6, 6.07) is 5.78. The largest absolute Gasteiger partial charge is 0.481 e. The number of methoxy groups -OCH3 is 1. The Morgan fingerprint density at radius 2 is 2.00 bits per heavy atom. The van der Waals surface area contributed by atoms with Crippen LogP contribution in [-0.2, 0) is 6.42 Å². The van der Waals surface area contributed by atoms with Gasteiger partial charge in [0.05, 0.1) is 19.9 Å². The summed E-state index contributed by atoms with van der Waals surface area (Å²) in [6.07, 6.45) is 10.8. The van der Waals surface area contributed by atoms with E-state index in [0.717, 1.165) is 37.7 Å². The molecule has 8 nitrogen and oxygen atoms in total. The number of rotatable bonds is 9. The first kappa shape index (κ1) is 21.5. The molecule has 0 aliphatic heterocycles. The van der Waals surface area contributed by atoms with Crippen molar-refractivity contribution in [2.75, 3.05) is 13.7 Å². The Kier molecular flexibility index (Phi) is 6.28. The molecule has 1 N–H and O–H groups in total. The molecule has 1 atom stereocenters. The fraction of sp³-hybridized carbons (Fsp3) is 0.458. The molecular weight excluding hydrogens is 423 g/mol. The standard InChI is InChI=1S/C24H27FN6O2/c1-32-23-12-20(21(25)13-27-23)17-4-2-15(3-5-17)14-33-24-10-18(8-9-26-24)19(16-6-7-16)11-22-28-30-31-29-22/h6,8-10,12-13,15,17,19H,2-5,7,11,14H2,1H3,(H,28,29,30,31)/t15?,17?,19-/m0/s1. The van der Waals surface area contributed by atoms with Crippen LogP contribution in [0.25, 0.3) is 0 Å². The second kappa shape index (κ2) is 9.64. The fourth-order valence-corrected chi connectivity index (χ4v) is 4.68. The van der Waals surface area contributed by atoms with Gasteiger partial charge in [-0.05, 0) is 61.1 Å². The molecular formula is C24H27FN6O2. The van der Waals surface area contributed by atoms with Crippen molar-refractivity contribution in [1.29, 1.82) is 0 Å². The topological polar surface area (TPSA) is 98.7 Å². The smallest absolute Gasteiger partial charge is 0.213 e. The molecule has 33 heavy (non-hydrogen) atoms. The van der Waals surface area contributed by atoms with Crippen molar-refractivity contribution in [3.05, 3.63) is 65.0 Å². The van der Waals surface area contributed by atoms with Crippen LogP contribution in [0.5, 0.6) is 11.8 Å². The van der Waals surface area contributed by atoms with Crippen LogP contribution in [0.4, 0.5) is 4.39 Å².